The number of carbonyl (C=O) groups excluding carboxylic acids is 2. The van der Waals surface area contributed by atoms with Gasteiger partial charge in [0.2, 0.25) is 0 Å². The molecule has 1 N–H and O–H groups in total. The number of nitrogens with zero attached hydrogens (tertiary/aromatic N) is 2. The van der Waals surface area contributed by atoms with Crippen molar-refractivity contribution >= 4 is 45.8 Å². The van der Waals surface area contributed by atoms with Crippen molar-refractivity contribution in [1.82, 2.24) is 4.90 Å². The zero-order valence-electron chi connectivity index (χ0n) is 19.1. The van der Waals surface area contributed by atoms with Gasteiger partial charge in [-0.25, -0.2) is 0 Å². The normalized spacial score (nSPS) is 13.4. The standard InChI is InChI=1S/C26H26IN3O4/c1-33-23-15-19(16-24(17-23)34-2)26(32)30-13-11-29(12-14-30)22-9-7-21(8-10-22)28-25(31)18-3-5-20(27)6-4-18/h3-10,15-17H,11-14H2,1-2H3,(H,28,31). The number of rotatable bonds is 6. The number of methoxy groups -OCH3 is 2. The Kier molecular flexibility index (Phi) is 7.56. The molecule has 0 spiro atoms. The van der Waals surface area contributed by atoms with Gasteiger partial charge >= 0.3 is 0 Å². The Morgan fingerprint density at radius 2 is 1.38 bits per heavy atom. The van der Waals surface area contributed by atoms with E-state index in [0.717, 1.165) is 28.0 Å². The number of halogens is 1. The third kappa shape index (κ3) is 5.61. The van der Waals surface area contributed by atoms with E-state index < -0.39 is 0 Å². The molecule has 8 heteroatoms. The van der Waals surface area contributed by atoms with Crippen molar-refractivity contribution in [2.24, 2.45) is 0 Å². The number of hydrogen-bond acceptors (Lipinski definition) is 5. The Balaban J connectivity index is 1.34. The Morgan fingerprint density at radius 1 is 0.794 bits per heavy atom. The molecule has 3 aromatic carbocycles. The topological polar surface area (TPSA) is 71.1 Å². The van der Waals surface area contributed by atoms with Crippen LogP contribution in [0.2, 0.25) is 0 Å². The summed E-state index contributed by atoms with van der Waals surface area (Å²) in [6.07, 6.45) is 0. The predicted octanol–water partition coefficient (Wildman–Crippen LogP) is 4.52. The third-order valence-electron chi connectivity index (χ3n) is 5.76. The van der Waals surface area contributed by atoms with Gasteiger partial charge < -0.3 is 24.6 Å². The van der Waals surface area contributed by atoms with Crippen LogP contribution < -0.4 is 19.7 Å². The fourth-order valence-corrected chi connectivity index (χ4v) is 4.20. The van der Waals surface area contributed by atoms with Crippen molar-refractivity contribution in [3.05, 3.63) is 81.4 Å². The van der Waals surface area contributed by atoms with Crippen LogP contribution in [0.1, 0.15) is 20.7 Å². The first-order valence-electron chi connectivity index (χ1n) is 10.9. The summed E-state index contributed by atoms with van der Waals surface area (Å²) in [5.74, 6) is 1.02. The molecule has 1 heterocycles. The molecule has 1 aliphatic rings. The van der Waals surface area contributed by atoms with Gasteiger partial charge in [-0.1, -0.05) is 0 Å². The Labute approximate surface area is 212 Å². The van der Waals surface area contributed by atoms with Gasteiger partial charge in [0.1, 0.15) is 11.5 Å². The van der Waals surface area contributed by atoms with Gasteiger partial charge in [-0.15, -0.1) is 0 Å². The van der Waals surface area contributed by atoms with E-state index in [0.29, 0.717) is 35.7 Å². The molecule has 0 radical (unpaired) electrons. The summed E-state index contributed by atoms with van der Waals surface area (Å²) in [7, 11) is 3.14. The van der Waals surface area contributed by atoms with E-state index in [1.165, 1.54) is 0 Å². The molecule has 0 aliphatic carbocycles. The second kappa shape index (κ2) is 10.8. The van der Waals surface area contributed by atoms with E-state index in [2.05, 4.69) is 32.8 Å². The van der Waals surface area contributed by atoms with Gasteiger partial charge in [0.05, 0.1) is 14.2 Å². The van der Waals surface area contributed by atoms with Crippen LogP contribution in [0, 0.1) is 3.57 Å². The Hall–Kier alpha value is -3.27. The van der Waals surface area contributed by atoms with E-state index in [1.807, 2.05) is 53.4 Å². The van der Waals surface area contributed by atoms with Gasteiger partial charge in [-0.2, -0.15) is 0 Å². The average Bonchev–Trinajstić information content (AvgIpc) is 2.88. The first kappa shape index (κ1) is 23.9. The molecule has 176 valence electrons. The van der Waals surface area contributed by atoms with E-state index >= 15 is 0 Å². The molecule has 3 aromatic rings. The molecule has 0 bridgehead atoms. The summed E-state index contributed by atoms with van der Waals surface area (Å²) in [6.45, 7) is 2.68. The van der Waals surface area contributed by atoms with Crippen molar-refractivity contribution in [3.63, 3.8) is 0 Å². The molecule has 1 saturated heterocycles. The number of benzene rings is 3. The monoisotopic (exact) mass is 571 g/mol. The maximum Gasteiger partial charge on any atom is 0.255 e. The molecule has 0 aromatic heterocycles. The van der Waals surface area contributed by atoms with Gasteiger partial charge in [0, 0.05) is 58.3 Å². The number of carbonyl (C=O) groups is 2. The molecule has 0 atom stereocenters. The van der Waals surface area contributed by atoms with Crippen molar-refractivity contribution in [3.8, 4) is 11.5 Å². The lowest BCUT2D eigenvalue weighted by Crippen LogP contribution is -2.48. The quantitative estimate of drug-likeness (QED) is 0.441. The Bertz CT molecular complexity index is 1140. The molecule has 4 rings (SSSR count). The third-order valence-corrected chi connectivity index (χ3v) is 6.48. The number of hydrogen-bond donors (Lipinski definition) is 1. The fraction of sp³-hybridized carbons (Fsp3) is 0.231. The summed E-state index contributed by atoms with van der Waals surface area (Å²) in [5, 5.41) is 2.93. The molecule has 0 saturated carbocycles. The molecule has 34 heavy (non-hydrogen) atoms. The van der Waals surface area contributed by atoms with Gasteiger partial charge in [0.25, 0.3) is 11.8 Å². The number of piperazine rings is 1. The SMILES string of the molecule is COc1cc(OC)cc(C(=O)N2CCN(c3ccc(NC(=O)c4ccc(I)cc4)cc3)CC2)c1. The number of ether oxygens (including phenoxy) is 2. The highest BCUT2D eigenvalue weighted by Gasteiger charge is 2.23. The lowest BCUT2D eigenvalue weighted by Gasteiger charge is -2.36. The first-order chi connectivity index (χ1) is 16.5. The van der Waals surface area contributed by atoms with Crippen LogP contribution in [0.25, 0.3) is 0 Å². The second-order valence-electron chi connectivity index (χ2n) is 7.89. The van der Waals surface area contributed by atoms with Crippen molar-refractivity contribution in [2.45, 2.75) is 0 Å². The minimum Gasteiger partial charge on any atom is -0.497 e. The summed E-state index contributed by atoms with van der Waals surface area (Å²) in [4.78, 5) is 29.5. The minimum atomic E-state index is -0.134. The van der Waals surface area contributed by atoms with Crippen LogP contribution in [0.5, 0.6) is 11.5 Å². The maximum absolute atomic E-state index is 13.0. The highest BCUT2D eigenvalue weighted by molar-refractivity contribution is 14.1. The lowest BCUT2D eigenvalue weighted by atomic mass is 10.1. The largest absolute Gasteiger partial charge is 0.497 e. The van der Waals surface area contributed by atoms with Gasteiger partial charge in [0.15, 0.2) is 0 Å². The van der Waals surface area contributed by atoms with Gasteiger partial charge in [-0.05, 0) is 83.3 Å². The van der Waals surface area contributed by atoms with Crippen molar-refractivity contribution in [2.75, 3.05) is 50.6 Å². The van der Waals surface area contributed by atoms with Crippen molar-refractivity contribution in [1.29, 1.82) is 0 Å². The minimum absolute atomic E-state index is 0.0366. The average molecular weight is 571 g/mol. The smallest absolute Gasteiger partial charge is 0.255 e. The molecule has 1 aliphatic heterocycles. The van der Waals surface area contributed by atoms with Gasteiger partial charge in [-0.3, -0.25) is 9.59 Å². The van der Waals surface area contributed by atoms with Crippen LogP contribution >= 0.6 is 22.6 Å². The molecule has 7 nitrogen and oxygen atoms in total. The van der Waals surface area contributed by atoms with E-state index in [1.54, 1.807) is 32.4 Å². The number of amides is 2. The van der Waals surface area contributed by atoms with E-state index in [9.17, 15) is 9.59 Å². The van der Waals surface area contributed by atoms with Crippen LogP contribution in [0.4, 0.5) is 11.4 Å². The maximum atomic E-state index is 13.0. The fourth-order valence-electron chi connectivity index (χ4n) is 3.84. The summed E-state index contributed by atoms with van der Waals surface area (Å²) in [5.41, 5.74) is 2.98. The summed E-state index contributed by atoms with van der Waals surface area (Å²) >= 11 is 2.21. The zero-order valence-corrected chi connectivity index (χ0v) is 21.2. The summed E-state index contributed by atoms with van der Waals surface area (Å²) < 4.78 is 11.7. The molecular formula is C26H26IN3O4. The predicted molar refractivity (Wildman–Crippen MR) is 141 cm³/mol. The molecule has 0 unspecified atom stereocenters. The second-order valence-corrected chi connectivity index (χ2v) is 9.13. The highest BCUT2D eigenvalue weighted by atomic mass is 127. The van der Waals surface area contributed by atoms with Crippen molar-refractivity contribution < 1.29 is 19.1 Å². The first-order valence-corrected chi connectivity index (χ1v) is 12.0. The van der Waals surface area contributed by atoms with E-state index in [4.69, 9.17) is 9.47 Å². The molecule has 1 fully saturated rings. The van der Waals surface area contributed by atoms with Crippen LogP contribution in [0.3, 0.4) is 0 Å². The van der Waals surface area contributed by atoms with Crippen LogP contribution in [-0.2, 0) is 0 Å². The number of anilines is 2. The van der Waals surface area contributed by atoms with Crippen LogP contribution in [0.15, 0.2) is 66.7 Å². The zero-order chi connectivity index (χ0) is 24.1. The molecule has 2 amide bonds. The molecular weight excluding hydrogens is 545 g/mol. The Morgan fingerprint density at radius 3 is 1.94 bits per heavy atom. The highest BCUT2D eigenvalue weighted by Crippen LogP contribution is 2.25. The van der Waals surface area contributed by atoms with Crippen LogP contribution in [-0.4, -0.2) is 57.1 Å². The van der Waals surface area contributed by atoms with E-state index in [-0.39, 0.29) is 11.8 Å². The summed E-state index contributed by atoms with van der Waals surface area (Å²) in [6, 6.07) is 20.5. The number of nitrogens with one attached hydrogen (secondary N) is 1. The lowest BCUT2D eigenvalue weighted by molar-refractivity contribution is 0.0746.